The van der Waals surface area contributed by atoms with Crippen molar-refractivity contribution in [3.63, 3.8) is 0 Å². The van der Waals surface area contributed by atoms with E-state index in [2.05, 4.69) is 4.98 Å². The number of hydrogen-bond acceptors (Lipinski definition) is 4. The lowest BCUT2D eigenvalue weighted by Crippen LogP contribution is -1.97. The normalized spacial score (nSPS) is 10.2. The molecule has 0 saturated heterocycles. The molecule has 0 bridgehead atoms. The van der Waals surface area contributed by atoms with Gasteiger partial charge in [0.05, 0.1) is 5.56 Å². The van der Waals surface area contributed by atoms with Crippen molar-refractivity contribution >= 4 is 28.9 Å². The number of halogens is 1. The molecule has 0 radical (unpaired) electrons. The third-order valence-corrected chi connectivity index (χ3v) is 3.11. The Hall–Kier alpha value is -1.59. The Morgan fingerprint density at radius 3 is 2.82 bits per heavy atom. The minimum absolute atomic E-state index is 0.229. The molecule has 6 heteroatoms. The SMILES string of the molecule is Cc1cc(C(=O)O)ccc1Oc1nc(Cl)cs1. The Bertz CT molecular complexity index is 568. The summed E-state index contributed by atoms with van der Waals surface area (Å²) in [5.41, 5.74) is 0.961. The van der Waals surface area contributed by atoms with E-state index in [4.69, 9.17) is 21.4 Å². The fourth-order valence-electron chi connectivity index (χ4n) is 1.28. The second-order valence-electron chi connectivity index (χ2n) is 3.32. The average Bonchev–Trinajstić information content (AvgIpc) is 2.67. The maximum atomic E-state index is 10.8. The molecule has 88 valence electrons. The number of aryl methyl sites for hydroxylation is 1. The van der Waals surface area contributed by atoms with Crippen molar-refractivity contribution in [3.05, 3.63) is 39.9 Å². The molecule has 2 aromatic rings. The van der Waals surface area contributed by atoms with E-state index in [1.54, 1.807) is 24.4 Å². The number of rotatable bonds is 3. The molecule has 2 rings (SSSR count). The van der Waals surface area contributed by atoms with Crippen LogP contribution in [0.25, 0.3) is 0 Å². The summed E-state index contributed by atoms with van der Waals surface area (Å²) in [6, 6.07) is 4.64. The zero-order valence-corrected chi connectivity index (χ0v) is 10.4. The van der Waals surface area contributed by atoms with Gasteiger partial charge in [-0.1, -0.05) is 22.9 Å². The van der Waals surface area contributed by atoms with Crippen molar-refractivity contribution in [3.8, 4) is 10.9 Å². The van der Waals surface area contributed by atoms with Crippen molar-refractivity contribution in [1.82, 2.24) is 4.98 Å². The van der Waals surface area contributed by atoms with Crippen LogP contribution in [0, 0.1) is 6.92 Å². The number of nitrogens with zero attached hydrogens (tertiary/aromatic N) is 1. The van der Waals surface area contributed by atoms with Crippen molar-refractivity contribution in [2.75, 3.05) is 0 Å². The third-order valence-electron chi connectivity index (χ3n) is 2.07. The number of carbonyl (C=O) groups is 1. The van der Waals surface area contributed by atoms with E-state index in [1.807, 2.05) is 0 Å². The maximum Gasteiger partial charge on any atom is 0.335 e. The van der Waals surface area contributed by atoms with Gasteiger partial charge in [0.1, 0.15) is 10.9 Å². The third kappa shape index (κ3) is 2.75. The summed E-state index contributed by atoms with van der Waals surface area (Å²) in [6.07, 6.45) is 0. The van der Waals surface area contributed by atoms with Gasteiger partial charge >= 0.3 is 5.97 Å². The highest BCUT2D eigenvalue weighted by molar-refractivity contribution is 7.11. The summed E-state index contributed by atoms with van der Waals surface area (Å²) < 4.78 is 5.49. The van der Waals surface area contributed by atoms with Gasteiger partial charge in [-0.15, -0.1) is 0 Å². The lowest BCUT2D eigenvalue weighted by atomic mass is 10.1. The van der Waals surface area contributed by atoms with E-state index in [-0.39, 0.29) is 5.56 Å². The van der Waals surface area contributed by atoms with Crippen LogP contribution in [-0.2, 0) is 0 Å². The minimum Gasteiger partial charge on any atom is -0.478 e. The molecule has 1 N–H and O–H groups in total. The zero-order valence-electron chi connectivity index (χ0n) is 8.81. The number of hydrogen-bond donors (Lipinski definition) is 1. The monoisotopic (exact) mass is 269 g/mol. The fourth-order valence-corrected chi connectivity index (χ4v) is 2.08. The van der Waals surface area contributed by atoms with Gasteiger partial charge in [0.15, 0.2) is 0 Å². The molecule has 0 aliphatic rings. The lowest BCUT2D eigenvalue weighted by Gasteiger charge is -2.06. The molecule has 0 atom stereocenters. The van der Waals surface area contributed by atoms with E-state index in [9.17, 15) is 4.79 Å². The molecule has 0 unspecified atom stereocenters. The second-order valence-corrected chi connectivity index (χ2v) is 4.53. The van der Waals surface area contributed by atoms with Gasteiger partial charge in [-0.2, -0.15) is 4.98 Å². The van der Waals surface area contributed by atoms with Crippen LogP contribution in [0.3, 0.4) is 0 Å². The van der Waals surface area contributed by atoms with Gasteiger partial charge in [0, 0.05) is 5.38 Å². The summed E-state index contributed by atoms with van der Waals surface area (Å²) in [5.74, 6) is -0.391. The number of ether oxygens (including phenoxy) is 1. The summed E-state index contributed by atoms with van der Waals surface area (Å²) in [4.78, 5) is 14.7. The number of thiazole rings is 1. The van der Waals surface area contributed by atoms with Gasteiger partial charge in [-0.05, 0) is 30.7 Å². The van der Waals surface area contributed by atoms with Gasteiger partial charge in [-0.3, -0.25) is 0 Å². The van der Waals surface area contributed by atoms with Gasteiger partial charge in [-0.25, -0.2) is 4.79 Å². The van der Waals surface area contributed by atoms with Crippen LogP contribution in [0.2, 0.25) is 5.15 Å². The molecule has 0 fully saturated rings. The second kappa shape index (κ2) is 4.73. The largest absolute Gasteiger partial charge is 0.478 e. The first kappa shape index (κ1) is 11.9. The highest BCUT2D eigenvalue weighted by atomic mass is 35.5. The van der Waals surface area contributed by atoms with Crippen LogP contribution in [0.1, 0.15) is 15.9 Å². The molecular formula is C11H8ClNO3S. The van der Waals surface area contributed by atoms with E-state index in [1.165, 1.54) is 17.4 Å². The minimum atomic E-state index is -0.961. The van der Waals surface area contributed by atoms with Gasteiger partial charge < -0.3 is 9.84 Å². The summed E-state index contributed by atoms with van der Waals surface area (Å²) in [6.45, 7) is 1.77. The zero-order chi connectivity index (χ0) is 12.4. The highest BCUT2D eigenvalue weighted by Gasteiger charge is 2.08. The van der Waals surface area contributed by atoms with Crippen LogP contribution in [0.5, 0.6) is 10.9 Å². The number of aromatic carboxylic acids is 1. The van der Waals surface area contributed by atoms with Gasteiger partial charge in [0.25, 0.3) is 5.19 Å². The fraction of sp³-hybridized carbons (Fsp3) is 0.0909. The van der Waals surface area contributed by atoms with Crippen LogP contribution < -0.4 is 4.74 Å². The van der Waals surface area contributed by atoms with E-state index >= 15 is 0 Å². The summed E-state index contributed by atoms with van der Waals surface area (Å²) in [7, 11) is 0. The molecule has 4 nitrogen and oxygen atoms in total. The maximum absolute atomic E-state index is 10.8. The number of carboxylic acid groups (broad SMARTS) is 1. The molecule has 1 aromatic heterocycles. The average molecular weight is 270 g/mol. The Balaban J connectivity index is 2.25. The lowest BCUT2D eigenvalue weighted by molar-refractivity contribution is 0.0697. The molecule has 0 aliphatic carbocycles. The Morgan fingerprint density at radius 2 is 2.29 bits per heavy atom. The number of carboxylic acids is 1. The molecule has 0 amide bonds. The summed E-state index contributed by atoms with van der Waals surface area (Å²) in [5, 5.41) is 11.3. The van der Waals surface area contributed by atoms with E-state index in [0.29, 0.717) is 16.1 Å². The van der Waals surface area contributed by atoms with Crippen LogP contribution in [-0.4, -0.2) is 16.1 Å². The van der Waals surface area contributed by atoms with E-state index < -0.39 is 5.97 Å². The quantitative estimate of drug-likeness (QED) is 0.925. The highest BCUT2D eigenvalue weighted by Crippen LogP contribution is 2.29. The molecule has 0 spiro atoms. The smallest absolute Gasteiger partial charge is 0.335 e. The molecule has 17 heavy (non-hydrogen) atoms. The Kier molecular flexibility index (Phi) is 3.31. The van der Waals surface area contributed by atoms with Crippen molar-refractivity contribution in [2.45, 2.75) is 6.92 Å². The molecule has 1 aromatic carbocycles. The first-order chi connectivity index (χ1) is 8.06. The topological polar surface area (TPSA) is 59.4 Å². The molecule has 0 saturated carbocycles. The Morgan fingerprint density at radius 1 is 1.53 bits per heavy atom. The number of aromatic nitrogens is 1. The van der Waals surface area contributed by atoms with Crippen molar-refractivity contribution in [2.24, 2.45) is 0 Å². The van der Waals surface area contributed by atoms with Crippen LogP contribution in [0.4, 0.5) is 0 Å². The van der Waals surface area contributed by atoms with Gasteiger partial charge in [0.2, 0.25) is 0 Å². The molecular weight excluding hydrogens is 262 g/mol. The predicted molar refractivity (Wildman–Crippen MR) is 65.3 cm³/mol. The van der Waals surface area contributed by atoms with E-state index in [0.717, 1.165) is 5.56 Å². The predicted octanol–water partition coefficient (Wildman–Crippen LogP) is 3.60. The first-order valence-electron chi connectivity index (χ1n) is 4.69. The molecule has 1 heterocycles. The number of benzene rings is 1. The van der Waals surface area contributed by atoms with Crippen LogP contribution >= 0.6 is 22.9 Å². The van der Waals surface area contributed by atoms with Crippen molar-refractivity contribution in [1.29, 1.82) is 0 Å². The standard InChI is InChI=1S/C11H8ClNO3S/c1-6-4-7(10(14)15)2-3-8(6)16-11-13-9(12)5-17-11/h2-5H,1H3,(H,14,15). The van der Waals surface area contributed by atoms with Crippen molar-refractivity contribution < 1.29 is 14.6 Å². The molecule has 0 aliphatic heterocycles. The Labute approximate surface area is 106 Å². The summed E-state index contributed by atoms with van der Waals surface area (Å²) >= 11 is 6.96. The first-order valence-corrected chi connectivity index (χ1v) is 5.95. The van der Waals surface area contributed by atoms with Crippen LogP contribution in [0.15, 0.2) is 23.6 Å².